The van der Waals surface area contributed by atoms with Crippen molar-refractivity contribution in [3.8, 4) is 0 Å². The van der Waals surface area contributed by atoms with E-state index >= 15 is 0 Å². The van der Waals surface area contributed by atoms with Gasteiger partial charge in [0.2, 0.25) is 0 Å². The van der Waals surface area contributed by atoms with Gasteiger partial charge in [-0.2, -0.15) is 0 Å². The second-order valence-electron chi connectivity index (χ2n) is 4.48. The molecular weight excluding hydrogens is 202 g/mol. The number of nitrogens with one attached hydrogen (secondary N) is 1. The van der Waals surface area contributed by atoms with Crippen LogP contribution in [0.2, 0.25) is 0 Å². The minimum absolute atomic E-state index is 0.0452. The summed E-state index contributed by atoms with van der Waals surface area (Å²) in [5.41, 5.74) is 2.07. The van der Waals surface area contributed by atoms with Crippen LogP contribution in [-0.2, 0) is 4.84 Å². The lowest BCUT2D eigenvalue weighted by atomic mass is 9.86. The van der Waals surface area contributed by atoms with Gasteiger partial charge in [0.15, 0.2) is 0 Å². The molecule has 0 saturated carbocycles. The maximum absolute atomic E-state index is 5.67. The Morgan fingerprint density at radius 2 is 2.19 bits per heavy atom. The second-order valence-corrected chi connectivity index (χ2v) is 4.48. The molecule has 3 heterocycles. The van der Waals surface area contributed by atoms with Crippen LogP contribution in [0.15, 0.2) is 29.7 Å². The van der Waals surface area contributed by atoms with Gasteiger partial charge in [0.25, 0.3) is 0 Å². The van der Waals surface area contributed by atoms with Crippen molar-refractivity contribution in [2.45, 2.75) is 24.9 Å². The Labute approximate surface area is 94.7 Å². The standard InChI is InChI=1S/C12H15N3O/c1-2-10(9-14-5-1)11-8-12(16-15-11)3-6-13-7-4-12/h1-2,5,9,13H,3-4,6-8H2. The van der Waals surface area contributed by atoms with Crippen LogP contribution in [0.5, 0.6) is 0 Å². The van der Waals surface area contributed by atoms with Crippen LogP contribution in [0.3, 0.4) is 0 Å². The third-order valence-electron chi connectivity index (χ3n) is 3.35. The van der Waals surface area contributed by atoms with Crippen LogP contribution in [0.1, 0.15) is 24.8 Å². The molecule has 1 aromatic heterocycles. The molecule has 1 aromatic rings. The number of aromatic nitrogens is 1. The molecule has 1 N–H and O–H groups in total. The van der Waals surface area contributed by atoms with E-state index in [0.717, 1.165) is 43.6 Å². The van der Waals surface area contributed by atoms with Gasteiger partial charge in [-0.3, -0.25) is 4.98 Å². The van der Waals surface area contributed by atoms with E-state index in [1.54, 1.807) is 6.20 Å². The topological polar surface area (TPSA) is 46.5 Å². The van der Waals surface area contributed by atoms with Gasteiger partial charge in [-0.1, -0.05) is 5.16 Å². The van der Waals surface area contributed by atoms with Crippen LogP contribution in [-0.4, -0.2) is 29.4 Å². The molecule has 4 nitrogen and oxygen atoms in total. The summed E-state index contributed by atoms with van der Waals surface area (Å²) in [6.07, 6.45) is 6.63. The van der Waals surface area contributed by atoms with Gasteiger partial charge in [-0.05, 0) is 25.2 Å². The molecule has 0 amide bonds. The number of rotatable bonds is 1. The van der Waals surface area contributed by atoms with E-state index in [0.29, 0.717) is 0 Å². The molecule has 84 valence electrons. The summed E-state index contributed by atoms with van der Waals surface area (Å²) in [5, 5.41) is 7.58. The SMILES string of the molecule is c1cncc(C2=NOC3(CCNCC3)C2)c1. The summed E-state index contributed by atoms with van der Waals surface area (Å²) in [6.45, 7) is 2.05. The van der Waals surface area contributed by atoms with E-state index in [4.69, 9.17) is 4.84 Å². The fourth-order valence-corrected chi connectivity index (χ4v) is 2.36. The van der Waals surface area contributed by atoms with E-state index in [9.17, 15) is 0 Å². The number of hydrogen-bond donors (Lipinski definition) is 1. The fraction of sp³-hybridized carbons (Fsp3) is 0.500. The zero-order chi connectivity index (χ0) is 10.8. The van der Waals surface area contributed by atoms with Crippen LogP contribution in [0.25, 0.3) is 0 Å². The third kappa shape index (κ3) is 1.69. The summed E-state index contributed by atoms with van der Waals surface area (Å²) in [4.78, 5) is 9.78. The minimum Gasteiger partial charge on any atom is -0.388 e. The number of pyridine rings is 1. The molecule has 3 rings (SSSR count). The van der Waals surface area contributed by atoms with E-state index in [-0.39, 0.29) is 5.60 Å². The maximum Gasteiger partial charge on any atom is 0.145 e. The first-order chi connectivity index (χ1) is 7.88. The number of oxime groups is 1. The zero-order valence-corrected chi connectivity index (χ0v) is 9.15. The molecule has 2 aliphatic heterocycles. The van der Waals surface area contributed by atoms with E-state index in [1.807, 2.05) is 18.3 Å². The summed E-state index contributed by atoms with van der Waals surface area (Å²) < 4.78 is 0. The van der Waals surface area contributed by atoms with Crippen molar-refractivity contribution in [3.63, 3.8) is 0 Å². The average molecular weight is 217 g/mol. The van der Waals surface area contributed by atoms with Crippen molar-refractivity contribution in [1.82, 2.24) is 10.3 Å². The van der Waals surface area contributed by atoms with Crippen molar-refractivity contribution in [3.05, 3.63) is 30.1 Å². The van der Waals surface area contributed by atoms with Gasteiger partial charge in [0.1, 0.15) is 5.60 Å². The predicted octanol–water partition coefficient (Wildman–Crippen LogP) is 1.33. The first-order valence-corrected chi connectivity index (χ1v) is 5.74. The fourth-order valence-electron chi connectivity index (χ4n) is 2.36. The minimum atomic E-state index is -0.0452. The summed E-state index contributed by atoms with van der Waals surface area (Å²) in [5.74, 6) is 0. The van der Waals surface area contributed by atoms with Crippen molar-refractivity contribution >= 4 is 5.71 Å². The lowest BCUT2D eigenvalue weighted by molar-refractivity contribution is -0.0400. The highest BCUT2D eigenvalue weighted by molar-refractivity contribution is 6.01. The highest BCUT2D eigenvalue weighted by Crippen LogP contribution is 2.33. The van der Waals surface area contributed by atoms with Crippen LogP contribution >= 0.6 is 0 Å². The smallest absolute Gasteiger partial charge is 0.145 e. The summed E-state index contributed by atoms with van der Waals surface area (Å²) >= 11 is 0. The van der Waals surface area contributed by atoms with E-state index in [2.05, 4.69) is 15.5 Å². The maximum atomic E-state index is 5.67. The molecule has 0 atom stereocenters. The average Bonchev–Trinajstić information content (AvgIpc) is 2.75. The monoisotopic (exact) mass is 217 g/mol. The van der Waals surface area contributed by atoms with Gasteiger partial charge in [0, 0.05) is 37.2 Å². The molecule has 1 spiro atoms. The molecule has 16 heavy (non-hydrogen) atoms. The van der Waals surface area contributed by atoms with E-state index in [1.165, 1.54) is 0 Å². The summed E-state index contributed by atoms with van der Waals surface area (Å²) in [6, 6.07) is 3.97. The molecular formula is C12H15N3O. The molecule has 1 saturated heterocycles. The zero-order valence-electron chi connectivity index (χ0n) is 9.15. The molecule has 0 aromatic carbocycles. The molecule has 0 aliphatic carbocycles. The van der Waals surface area contributed by atoms with Gasteiger partial charge in [0.05, 0.1) is 5.71 Å². The number of nitrogens with zero attached hydrogens (tertiary/aromatic N) is 2. The van der Waals surface area contributed by atoms with Crippen LogP contribution in [0, 0.1) is 0 Å². The van der Waals surface area contributed by atoms with Crippen LogP contribution < -0.4 is 5.32 Å². The third-order valence-corrected chi connectivity index (χ3v) is 3.35. The molecule has 2 aliphatic rings. The number of hydrogen-bond acceptors (Lipinski definition) is 4. The Balaban J connectivity index is 1.77. The Kier molecular flexibility index (Phi) is 2.36. The molecule has 0 bridgehead atoms. The molecule has 0 radical (unpaired) electrons. The highest BCUT2D eigenvalue weighted by Gasteiger charge is 2.40. The molecule has 1 fully saturated rings. The highest BCUT2D eigenvalue weighted by atomic mass is 16.7. The lowest BCUT2D eigenvalue weighted by Gasteiger charge is -2.30. The lowest BCUT2D eigenvalue weighted by Crippen LogP contribution is -2.42. The first kappa shape index (κ1) is 9.78. The normalized spacial score (nSPS) is 22.9. The van der Waals surface area contributed by atoms with Crippen molar-refractivity contribution in [2.75, 3.05) is 13.1 Å². The molecule has 4 heteroatoms. The Morgan fingerprint density at radius 1 is 1.31 bits per heavy atom. The quantitative estimate of drug-likeness (QED) is 0.772. The summed E-state index contributed by atoms with van der Waals surface area (Å²) in [7, 11) is 0. The van der Waals surface area contributed by atoms with Gasteiger partial charge < -0.3 is 10.2 Å². The van der Waals surface area contributed by atoms with Crippen LogP contribution in [0.4, 0.5) is 0 Å². The van der Waals surface area contributed by atoms with Crippen molar-refractivity contribution < 1.29 is 4.84 Å². The number of piperidine rings is 1. The predicted molar refractivity (Wildman–Crippen MR) is 61.3 cm³/mol. The molecule has 0 unspecified atom stereocenters. The van der Waals surface area contributed by atoms with Gasteiger partial charge >= 0.3 is 0 Å². The van der Waals surface area contributed by atoms with Gasteiger partial charge in [-0.15, -0.1) is 0 Å². The first-order valence-electron chi connectivity index (χ1n) is 5.74. The van der Waals surface area contributed by atoms with Crippen molar-refractivity contribution in [2.24, 2.45) is 5.16 Å². The Morgan fingerprint density at radius 3 is 2.94 bits per heavy atom. The van der Waals surface area contributed by atoms with Crippen molar-refractivity contribution in [1.29, 1.82) is 0 Å². The van der Waals surface area contributed by atoms with E-state index < -0.39 is 0 Å². The largest absolute Gasteiger partial charge is 0.388 e. The Hall–Kier alpha value is -1.42. The Bertz CT molecular complexity index is 396. The second kappa shape index (κ2) is 3.87. The van der Waals surface area contributed by atoms with Gasteiger partial charge in [-0.25, -0.2) is 0 Å².